The molecule has 0 rings (SSSR count). The smallest absolute Gasteiger partial charge is 0.302 e. The second kappa shape index (κ2) is 11.1. The van der Waals surface area contributed by atoms with Crippen LogP contribution in [0, 0.1) is 0 Å². The lowest BCUT2D eigenvalue weighted by Gasteiger charge is -1.90. The highest BCUT2D eigenvalue weighted by molar-refractivity contribution is 5.75. The average molecular weight is 188 g/mol. The number of hydrogen-bond acceptors (Lipinski definition) is 3. The molecule has 0 saturated heterocycles. The zero-order valence-corrected chi connectivity index (χ0v) is 9.05. The molecule has 0 heterocycles. The van der Waals surface area contributed by atoms with Gasteiger partial charge in [0.25, 0.3) is 0 Å². The fourth-order valence-electron chi connectivity index (χ4n) is 0.624. The monoisotopic (exact) mass is 188 g/mol. The number of esters is 1. The number of Topliss-reactive ketones (excluding diaryl/α,β-unsaturated/α-hetero) is 1. The zero-order chi connectivity index (χ0) is 10.7. The van der Waals surface area contributed by atoms with Crippen molar-refractivity contribution in [3.8, 4) is 0 Å². The van der Waals surface area contributed by atoms with Crippen LogP contribution < -0.4 is 0 Å². The molecule has 13 heavy (non-hydrogen) atoms. The molecule has 0 atom stereocenters. The van der Waals surface area contributed by atoms with E-state index in [1.807, 2.05) is 0 Å². The first-order valence-electron chi connectivity index (χ1n) is 4.58. The molecule has 78 valence electrons. The van der Waals surface area contributed by atoms with Crippen LogP contribution in [0.5, 0.6) is 0 Å². The summed E-state index contributed by atoms with van der Waals surface area (Å²) in [4.78, 5) is 19.9. The second-order valence-corrected chi connectivity index (χ2v) is 2.85. The number of methoxy groups -OCH3 is 1. The first-order valence-corrected chi connectivity index (χ1v) is 4.58. The fourth-order valence-corrected chi connectivity index (χ4v) is 0.624. The predicted octanol–water partition coefficient (Wildman–Crippen LogP) is 2.33. The van der Waals surface area contributed by atoms with E-state index in [9.17, 15) is 9.59 Å². The van der Waals surface area contributed by atoms with Crippen LogP contribution in [0.25, 0.3) is 0 Å². The minimum absolute atomic E-state index is 0.245. The molecular weight excluding hydrogens is 168 g/mol. The summed E-state index contributed by atoms with van der Waals surface area (Å²) in [5.74, 6) is 0.0726. The Kier molecular flexibility index (Phi) is 12.6. The van der Waals surface area contributed by atoms with Gasteiger partial charge in [0.05, 0.1) is 7.11 Å². The lowest BCUT2D eigenvalue weighted by Crippen LogP contribution is -1.88. The highest BCUT2D eigenvalue weighted by Crippen LogP contribution is 1.98. The molecule has 0 amide bonds. The number of rotatable bonds is 4. The number of hydrogen-bond donors (Lipinski definition) is 0. The molecule has 0 aliphatic rings. The van der Waals surface area contributed by atoms with Gasteiger partial charge in [-0.3, -0.25) is 4.79 Å². The van der Waals surface area contributed by atoms with Crippen molar-refractivity contribution in [2.45, 2.75) is 46.5 Å². The Labute approximate surface area is 80.5 Å². The molecule has 0 aromatic heterocycles. The van der Waals surface area contributed by atoms with Gasteiger partial charge in [-0.25, -0.2) is 0 Å². The van der Waals surface area contributed by atoms with Crippen molar-refractivity contribution >= 4 is 11.8 Å². The highest BCUT2D eigenvalue weighted by Gasteiger charge is 1.89. The predicted molar refractivity (Wildman–Crippen MR) is 52.5 cm³/mol. The average Bonchev–Trinajstić information content (AvgIpc) is 2.05. The summed E-state index contributed by atoms with van der Waals surface area (Å²) in [6, 6.07) is 0. The zero-order valence-electron chi connectivity index (χ0n) is 9.05. The fraction of sp³-hybridized carbons (Fsp3) is 0.800. The molecule has 0 aromatic carbocycles. The van der Waals surface area contributed by atoms with Gasteiger partial charge >= 0.3 is 5.97 Å². The summed E-state index contributed by atoms with van der Waals surface area (Å²) in [6.07, 6.45) is 4.24. The van der Waals surface area contributed by atoms with E-state index in [2.05, 4.69) is 11.7 Å². The van der Waals surface area contributed by atoms with Crippen LogP contribution in [-0.4, -0.2) is 18.9 Å². The van der Waals surface area contributed by atoms with Crippen molar-refractivity contribution in [2.75, 3.05) is 7.11 Å². The number of carbonyl (C=O) groups excluding carboxylic acids is 2. The molecule has 0 aliphatic heterocycles. The van der Waals surface area contributed by atoms with Crippen molar-refractivity contribution in [1.29, 1.82) is 0 Å². The van der Waals surface area contributed by atoms with E-state index in [0.29, 0.717) is 5.78 Å². The van der Waals surface area contributed by atoms with Crippen LogP contribution in [0.4, 0.5) is 0 Å². The maximum Gasteiger partial charge on any atom is 0.302 e. The van der Waals surface area contributed by atoms with Crippen molar-refractivity contribution < 1.29 is 14.3 Å². The van der Waals surface area contributed by atoms with Crippen molar-refractivity contribution in [3.05, 3.63) is 0 Å². The molecule has 0 radical (unpaired) electrons. The summed E-state index contributed by atoms with van der Waals surface area (Å²) >= 11 is 0. The number of carbonyl (C=O) groups is 2. The van der Waals surface area contributed by atoms with E-state index in [1.165, 1.54) is 26.9 Å². The summed E-state index contributed by atoms with van der Waals surface area (Å²) in [7, 11) is 1.35. The van der Waals surface area contributed by atoms with E-state index >= 15 is 0 Å². The second-order valence-electron chi connectivity index (χ2n) is 2.85. The quantitative estimate of drug-likeness (QED) is 0.502. The maximum absolute atomic E-state index is 10.3. The highest BCUT2D eigenvalue weighted by atomic mass is 16.5. The minimum atomic E-state index is -0.245. The molecule has 0 N–H and O–H groups in total. The topological polar surface area (TPSA) is 43.4 Å². The van der Waals surface area contributed by atoms with Crippen LogP contribution in [0.3, 0.4) is 0 Å². The van der Waals surface area contributed by atoms with Gasteiger partial charge in [0.15, 0.2) is 0 Å². The third kappa shape index (κ3) is 24.7. The van der Waals surface area contributed by atoms with Crippen molar-refractivity contribution in [2.24, 2.45) is 0 Å². The normalized spacial score (nSPS) is 8.31. The standard InChI is InChI=1S/C7H14O.C3H6O2/c1-3-4-5-6-7(2)8;1-3(4)5-2/h3-6H2,1-2H3;1-2H3. The molecular formula is C10H20O3. The van der Waals surface area contributed by atoms with Gasteiger partial charge < -0.3 is 9.53 Å². The molecule has 3 nitrogen and oxygen atoms in total. The van der Waals surface area contributed by atoms with E-state index in [0.717, 1.165) is 12.8 Å². The summed E-state index contributed by atoms with van der Waals surface area (Å²) in [5.41, 5.74) is 0. The number of unbranched alkanes of at least 4 members (excludes halogenated alkanes) is 2. The van der Waals surface area contributed by atoms with E-state index in [-0.39, 0.29) is 5.97 Å². The third-order valence-corrected chi connectivity index (χ3v) is 1.42. The Balaban J connectivity index is 0. The van der Waals surface area contributed by atoms with Crippen molar-refractivity contribution in [1.82, 2.24) is 0 Å². The first kappa shape index (κ1) is 14.7. The van der Waals surface area contributed by atoms with Gasteiger partial charge in [-0.2, -0.15) is 0 Å². The molecule has 0 saturated carbocycles. The largest absolute Gasteiger partial charge is 0.469 e. The van der Waals surface area contributed by atoms with Crippen molar-refractivity contribution in [3.63, 3.8) is 0 Å². The first-order chi connectivity index (χ1) is 6.04. The van der Waals surface area contributed by atoms with Gasteiger partial charge in [0.1, 0.15) is 5.78 Å². The number of ketones is 1. The summed E-state index contributed by atoms with van der Waals surface area (Å²) < 4.78 is 4.11. The molecule has 0 spiro atoms. The van der Waals surface area contributed by atoms with Crippen LogP contribution >= 0.6 is 0 Å². The van der Waals surface area contributed by atoms with Gasteiger partial charge in [-0.1, -0.05) is 19.8 Å². The Morgan fingerprint density at radius 1 is 1.15 bits per heavy atom. The Hall–Kier alpha value is -0.860. The van der Waals surface area contributed by atoms with E-state index in [4.69, 9.17) is 0 Å². The molecule has 0 bridgehead atoms. The minimum Gasteiger partial charge on any atom is -0.469 e. The molecule has 3 heteroatoms. The lowest BCUT2D eigenvalue weighted by atomic mass is 10.2. The van der Waals surface area contributed by atoms with Crippen LogP contribution in [-0.2, 0) is 14.3 Å². The molecule has 0 aliphatic carbocycles. The molecule has 0 fully saturated rings. The van der Waals surface area contributed by atoms with Gasteiger partial charge in [-0.15, -0.1) is 0 Å². The Morgan fingerprint density at radius 3 is 1.85 bits per heavy atom. The number of ether oxygens (including phenoxy) is 1. The SMILES string of the molecule is CCCCCC(C)=O.COC(C)=O. The van der Waals surface area contributed by atoms with Crippen LogP contribution in [0.2, 0.25) is 0 Å². The van der Waals surface area contributed by atoms with Gasteiger partial charge in [-0.05, 0) is 13.3 Å². The van der Waals surface area contributed by atoms with E-state index in [1.54, 1.807) is 6.92 Å². The van der Waals surface area contributed by atoms with E-state index < -0.39 is 0 Å². The summed E-state index contributed by atoms with van der Waals surface area (Å²) in [6.45, 7) is 5.15. The maximum atomic E-state index is 10.3. The summed E-state index contributed by atoms with van der Waals surface area (Å²) in [5, 5.41) is 0. The molecule has 0 aromatic rings. The van der Waals surface area contributed by atoms with Crippen LogP contribution in [0.1, 0.15) is 46.5 Å². The Bertz CT molecular complexity index is 141. The lowest BCUT2D eigenvalue weighted by molar-refractivity contribution is -0.137. The van der Waals surface area contributed by atoms with Gasteiger partial charge in [0, 0.05) is 13.3 Å². The van der Waals surface area contributed by atoms with Gasteiger partial charge in [0.2, 0.25) is 0 Å². The third-order valence-electron chi connectivity index (χ3n) is 1.42. The Morgan fingerprint density at radius 2 is 1.62 bits per heavy atom. The van der Waals surface area contributed by atoms with Crippen LogP contribution in [0.15, 0.2) is 0 Å². The molecule has 0 unspecified atom stereocenters.